The number of rotatable bonds is 11. The highest BCUT2D eigenvalue weighted by Crippen LogP contribution is 2.40. The maximum Gasteiger partial charge on any atom is 0.318 e. The normalized spacial score (nSPS) is 20.2. The van der Waals surface area contributed by atoms with Gasteiger partial charge in [0.25, 0.3) is 0 Å². The summed E-state index contributed by atoms with van der Waals surface area (Å²) in [5.41, 5.74) is 2.04. The van der Waals surface area contributed by atoms with E-state index in [1.807, 2.05) is 48.5 Å². The first-order valence-corrected chi connectivity index (χ1v) is 16.7. The number of pyridine rings is 1. The molecule has 45 heavy (non-hydrogen) atoms. The number of piperidine rings is 1. The number of aryl methyl sites for hydroxylation is 2. The van der Waals surface area contributed by atoms with Crippen LogP contribution in [0.4, 0.5) is 5.82 Å². The summed E-state index contributed by atoms with van der Waals surface area (Å²) in [6.07, 6.45) is 9.27. The van der Waals surface area contributed by atoms with Crippen molar-refractivity contribution in [2.75, 3.05) is 25.7 Å². The predicted molar refractivity (Wildman–Crippen MR) is 171 cm³/mol. The maximum atomic E-state index is 14.1. The zero-order valence-corrected chi connectivity index (χ0v) is 26.9. The Hall–Kier alpha value is -4.22. The van der Waals surface area contributed by atoms with Crippen LogP contribution in [-0.2, 0) is 10.0 Å². The summed E-state index contributed by atoms with van der Waals surface area (Å²) in [7, 11) is -0.745. The zero-order chi connectivity index (χ0) is 31.6. The Kier molecular flexibility index (Phi) is 8.91. The average Bonchev–Trinajstić information content (AvgIpc) is 3.31. The molecule has 0 aliphatic carbocycles. The smallest absolute Gasteiger partial charge is 0.318 e. The van der Waals surface area contributed by atoms with Gasteiger partial charge in [0.1, 0.15) is 30.0 Å². The van der Waals surface area contributed by atoms with Crippen LogP contribution in [0.1, 0.15) is 48.4 Å². The first-order chi connectivity index (χ1) is 21.7. The zero-order valence-electron chi connectivity index (χ0n) is 26.0. The molecule has 3 atom stereocenters. The fourth-order valence-corrected chi connectivity index (χ4v) is 8.48. The number of aromatic nitrogens is 3. The maximum absolute atomic E-state index is 14.1. The van der Waals surface area contributed by atoms with Gasteiger partial charge in [0.05, 0.1) is 24.2 Å². The van der Waals surface area contributed by atoms with E-state index in [9.17, 15) is 8.42 Å². The lowest BCUT2D eigenvalue weighted by molar-refractivity contribution is 0.149. The van der Waals surface area contributed by atoms with Gasteiger partial charge in [0.15, 0.2) is 0 Å². The van der Waals surface area contributed by atoms with Crippen molar-refractivity contribution in [3.05, 3.63) is 95.9 Å². The second kappa shape index (κ2) is 13.0. The number of methoxy groups -OCH3 is 1. The summed E-state index contributed by atoms with van der Waals surface area (Å²) in [5.74, 6) is 2.23. The number of benzene rings is 2. The SMILES string of the molecule is COc1cc(C)c(S(=O)(=O)N(C)C(COc2nccc(N3C4CCC3CC(Oc3cccnc3)C4)n2)c2ccccc2)c(C)c1. The molecule has 11 heteroatoms. The summed E-state index contributed by atoms with van der Waals surface area (Å²) in [6, 6.07) is 18.9. The Bertz CT molecular complexity index is 1690. The van der Waals surface area contributed by atoms with Crippen LogP contribution in [0, 0.1) is 13.8 Å². The Morgan fingerprint density at radius 3 is 2.31 bits per heavy atom. The number of fused-ring (bicyclic) bond motifs is 2. The van der Waals surface area contributed by atoms with Crippen molar-refractivity contribution < 1.29 is 22.6 Å². The minimum Gasteiger partial charge on any atom is -0.497 e. The second-order valence-electron chi connectivity index (χ2n) is 11.7. The number of nitrogens with zero attached hydrogens (tertiary/aromatic N) is 5. The molecule has 4 aromatic rings. The van der Waals surface area contributed by atoms with Gasteiger partial charge in [-0.2, -0.15) is 9.29 Å². The molecular formula is C34H39N5O5S. The third-order valence-electron chi connectivity index (χ3n) is 8.81. The summed E-state index contributed by atoms with van der Waals surface area (Å²) in [6.45, 7) is 3.60. The summed E-state index contributed by atoms with van der Waals surface area (Å²) < 4.78 is 47.3. The van der Waals surface area contributed by atoms with Crippen LogP contribution in [-0.4, -0.2) is 66.6 Å². The van der Waals surface area contributed by atoms with Crippen LogP contribution in [0.5, 0.6) is 17.5 Å². The summed E-state index contributed by atoms with van der Waals surface area (Å²) >= 11 is 0. The fourth-order valence-electron chi connectivity index (χ4n) is 6.74. The molecule has 4 heterocycles. The van der Waals surface area contributed by atoms with Gasteiger partial charge < -0.3 is 19.1 Å². The number of hydrogen-bond donors (Lipinski definition) is 0. The van der Waals surface area contributed by atoms with Crippen LogP contribution in [0.25, 0.3) is 0 Å². The number of ether oxygens (including phenoxy) is 3. The molecule has 0 amide bonds. The van der Waals surface area contributed by atoms with E-state index >= 15 is 0 Å². The Labute approximate surface area is 265 Å². The first-order valence-electron chi connectivity index (χ1n) is 15.2. The highest BCUT2D eigenvalue weighted by Gasteiger charge is 2.42. The van der Waals surface area contributed by atoms with E-state index in [-0.39, 0.29) is 23.6 Å². The molecule has 10 nitrogen and oxygen atoms in total. The van der Waals surface area contributed by atoms with Crippen LogP contribution in [0.3, 0.4) is 0 Å². The molecule has 2 bridgehead atoms. The van der Waals surface area contributed by atoms with Crippen LogP contribution in [0.15, 0.2) is 84.1 Å². The minimum absolute atomic E-state index is 0.0331. The van der Waals surface area contributed by atoms with Crippen molar-refractivity contribution in [2.45, 2.75) is 68.7 Å². The molecule has 2 aromatic heterocycles. The van der Waals surface area contributed by atoms with Gasteiger partial charge >= 0.3 is 6.01 Å². The van der Waals surface area contributed by atoms with Crippen molar-refractivity contribution in [2.24, 2.45) is 0 Å². The standard InChI is InChI=1S/C34H39N5O5S/c1-23-17-29(42-4)18-24(2)33(23)45(40,41)38(3)31(25-9-6-5-7-10-25)22-43-34-36-16-14-32(37-34)39-26-12-13-27(39)20-30(19-26)44-28-11-8-15-35-21-28/h5-11,14-18,21,26-27,30-31H,12-13,19-20,22H2,1-4H3. The molecule has 6 rings (SSSR count). The monoisotopic (exact) mass is 629 g/mol. The largest absolute Gasteiger partial charge is 0.497 e. The number of sulfonamides is 1. The molecule has 2 aromatic carbocycles. The average molecular weight is 630 g/mol. The molecule has 3 unspecified atom stereocenters. The van der Waals surface area contributed by atoms with E-state index in [0.29, 0.717) is 29.0 Å². The molecule has 2 aliphatic heterocycles. The van der Waals surface area contributed by atoms with Gasteiger partial charge in [-0.1, -0.05) is 30.3 Å². The van der Waals surface area contributed by atoms with E-state index in [2.05, 4.69) is 14.9 Å². The number of likely N-dealkylation sites (N-methyl/N-ethyl adjacent to an activating group) is 1. The summed E-state index contributed by atoms with van der Waals surface area (Å²) in [4.78, 5) is 16.0. The summed E-state index contributed by atoms with van der Waals surface area (Å²) in [5, 5.41) is 0. The molecule has 2 saturated heterocycles. The molecule has 0 saturated carbocycles. The molecule has 2 fully saturated rings. The Balaban J connectivity index is 1.20. The van der Waals surface area contributed by atoms with Crippen molar-refractivity contribution in [3.63, 3.8) is 0 Å². The predicted octanol–water partition coefficient (Wildman–Crippen LogP) is 5.52. The lowest BCUT2D eigenvalue weighted by Gasteiger charge is -2.39. The molecule has 0 N–H and O–H groups in total. The van der Waals surface area contributed by atoms with Crippen LogP contribution >= 0.6 is 0 Å². The highest BCUT2D eigenvalue weighted by molar-refractivity contribution is 7.89. The topological polar surface area (TPSA) is 107 Å². The van der Waals surface area contributed by atoms with E-state index in [1.54, 1.807) is 58.7 Å². The third-order valence-corrected chi connectivity index (χ3v) is 11.0. The highest BCUT2D eigenvalue weighted by atomic mass is 32.2. The van der Waals surface area contributed by atoms with Gasteiger partial charge in [-0.15, -0.1) is 0 Å². The molecule has 2 aliphatic rings. The van der Waals surface area contributed by atoms with Crippen molar-refractivity contribution >= 4 is 15.8 Å². The quantitative estimate of drug-likeness (QED) is 0.212. The number of anilines is 1. The van der Waals surface area contributed by atoms with Crippen LogP contribution in [0.2, 0.25) is 0 Å². The van der Waals surface area contributed by atoms with Gasteiger partial charge in [-0.05, 0) is 73.7 Å². The van der Waals surface area contributed by atoms with Crippen molar-refractivity contribution in [3.8, 4) is 17.5 Å². The van der Waals surface area contributed by atoms with Crippen molar-refractivity contribution in [1.82, 2.24) is 19.3 Å². The Morgan fingerprint density at radius 2 is 1.67 bits per heavy atom. The lowest BCUT2D eigenvalue weighted by atomic mass is 9.99. The van der Waals surface area contributed by atoms with E-state index in [1.165, 1.54) is 4.31 Å². The molecule has 236 valence electrons. The fraction of sp³-hybridized carbons (Fsp3) is 0.382. The van der Waals surface area contributed by atoms with Gasteiger partial charge in [-0.3, -0.25) is 4.98 Å². The first kappa shape index (κ1) is 30.8. The Morgan fingerprint density at radius 1 is 0.956 bits per heavy atom. The van der Waals surface area contributed by atoms with Gasteiger partial charge in [0.2, 0.25) is 10.0 Å². The van der Waals surface area contributed by atoms with E-state index in [0.717, 1.165) is 42.8 Å². The van der Waals surface area contributed by atoms with Gasteiger partial charge in [0, 0.05) is 44.4 Å². The van der Waals surface area contributed by atoms with Crippen LogP contribution < -0.4 is 19.1 Å². The third kappa shape index (κ3) is 6.46. The molecular weight excluding hydrogens is 590 g/mol. The minimum atomic E-state index is -3.90. The lowest BCUT2D eigenvalue weighted by Crippen LogP contribution is -2.46. The van der Waals surface area contributed by atoms with E-state index < -0.39 is 16.1 Å². The molecule has 0 spiro atoms. The van der Waals surface area contributed by atoms with E-state index in [4.69, 9.17) is 19.2 Å². The number of hydrogen-bond acceptors (Lipinski definition) is 9. The molecule has 0 radical (unpaired) electrons. The second-order valence-corrected chi connectivity index (χ2v) is 13.7. The van der Waals surface area contributed by atoms with Gasteiger partial charge in [-0.25, -0.2) is 13.4 Å². The van der Waals surface area contributed by atoms with Crippen molar-refractivity contribution in [1.29, 1.82) is 0 Å².